The monoisotopic (exact) mass is 488 g/mol. The van der Waals surface area contributed by atoms with Crippen LogP contribution in [-0.4, -0.2) is 5.91 Å². The fraction of sp³-hybridized carbons (Fsp3) is 0.0833. The maximum atomic E-state index is 13.3. The number of hydrogen-bond acceptors (Lipinski definition) is 3. The van der Waals surface area contributed by atoms with Crippen LogP contribution in [0.25, 0.3) is 6.08 Å². The number of carbonyl (C=O) groups is 1. The number of benzene rings is 3. The predicted octanol–water partition coefficient (Wildman–Crippen LogP) is 7.22. The van der Waals surface area contributed by atoms with Gasteiger partial charge < -0.3 is 10.1 Å². The van der Waals surface area contributed by atoms with Gasteiger partial charge in [-0.2, -0.15) is 5.26 Å². The minimum absolute atomic E-state index is 0.0668. The van der Waals surface area contributed by atoms with Crippen LogP contribution < -0.4 is 10.1 Å². The van der Waals surface area contributed by atoms with E-state index in [9.17, 15) is 14.4 Å². The van der Waals surface area contributed by atoms with Crippen molar-refractivity contribution in [1.29, 1.82) is 5.26 Å². The Hall–Kier alpha value is -3.04. The van der Waals surface area contributed by atoms with Crippen LogP contribution in [0.5, 0.6) is 5.75 Å². The Morgan fingerprint density at radius 2 is 1.81 bits per heavy atom. The average Bonchev–Trinajstić information content (AvgIpc) is 2.74. The first-order valence-electron chi connectivity index (χ1n) is 9.32. The van der Waals surface area contributed by atoms with E-state index < -0.39 is 5.91 Å². The highest BCUT2D eigenvalue weighted by Gasteiger charge is 2.14. The number of halogens is 4. The van der Waals surface area contributed by atoms with Gasteiger partial charge in [-0.3, -0.25) is 4.79 Å². The van der Waals surface area contributed by atoms with Crippen LogP contribution >= 0.6 is 34.8 Å². The van der Waals surface area contributed by atoms with E-state index >= 15 is 0 Å². The van der Waals surface area contributed by atoms with Gasteiger partial charge in [-0.05, 0) is 66.1 Å². The third-order valence-electron chi connectivity index (χ3n) is 4.40. The van der Waals surface area contributed by atoms with E-state index in [1.807, 2.05) is 13.0 Å². The molecule has 3 aromatic carbocycles. The van der Waals surface area contributed by atoms with E-state index in [0.717, 1.165) is 5.56 Å². The summed E-state index contributed by atoms with van der Waals surface area (Å²) < 4.78 is 19.0. The number of nitrogens with one attached hydrogen (secondary N) is 1. The van der Waals surface area contributed by atoms with Gasteiger partial charge in [0.2, 0.25) is 0 Å². The molecule has 0 aliphatic carbocycles. The molecule has 0 saturated carbocycles. The lowest BCUT2D eigenvalue weighted by molar-refractivity contribution is -0.112. The second-order valence-electron chi connectivity index (χ2n) is 6.82. The van der Waals surface area contributed by atoms with Gasteiger partial charge in [-0.25, -0.2) is 4.39 Å². The van der Waals surface area contributed by atoms with E-state index in [2.05, 4.69) is 5.32 Å². The van der Waals surface area contributed by atoms with Crippen LogP contribution in [0.3, 0.4) is 0 Å². The van der Waals surface area contributed by atoms with Gasteiger partial charge in [0.05, 0.1) is 10.0 Å². The number of rotatable bonds is 6. The summed E-state index contributed by atoms with van der Waals surface area (Å²) >= 11 is 18.7. The summed E-state index contributed by atoms with van der Waals surface area (Å²) in [6.07, 6.45) is 1.36. The SMILES string of the molecule is Cc1ccc(NC(=O)/C(C#N)=C\c2cc(Cl)c(OCc3cccc(F)c3)c(Cl)c2)cc1Cl. The lowest BCUT2D eigenvalue weighted by Gasteiger charge is -2.11. The normalized spacial score (nSPS) is 11.1. The van der Waals surface area contributed by atoms with Crippen LogP contribution in [0.15, 0.2) is 60.2 Å². The summed E-state index contributed by atoms with van der Waals surface area (Å²) in [5.41, 5.74) is 2.23. The summed E-state index contributed by atoms with van der Waals surface area (Å²) in [5.74, 6) is -0.767. The molecule has 0 atom stereocenters. The third-order valence-corrected chi connectivity index (χ3v) is 5.37. The molecule has 32 heavy (non-hydrogen) atoms. The van der Waals surface area contributed by atoms with Crippen molar-refractivity contribution < 1.29 is 13.9 Å². The third kappa shape index (κ3) is 6.02. The molecule has 0 spiro atoms. The van der Waals surface area contributed by atoms with Gasteiger partial charge >= 0.3 is 0 Å². The largest absolute Gasteiger partial charge is 0.486 e. The molecule has 4 nitrogen and oxygen atoms in total. The fourth-order valence-corrected chi connectivity index (χ4v) is 3.56. The molecular formula is C24H16Cl3FN2O2. The van der Waals surface area contributed by atoms with E-state index in [4.69, 9.17) is 39.5 Å². The van der Waals surface area contributed by atoms with Crippen molar-refractivity contribution in [2.24, 2.45) is 0 Å². The highest BCUT2D eigenvalue weighted by molar-refractivity contribution is 6.37. The van der Waals surface area contributed by atoms with Crippen LogP contribution in [-0.2, 0) is 11.4 Å². The minimum Gasteiger partial charge on any atom is -0.486 e. The van der Waals surface area contributed by atoms with Crippen molar-refractivity contribution in [3.63, 3.8) is 0 Å². The molecule has 0 aromatic heterocycles. The summed E-state index contributed by atoms with van der Waals surface area (Å²) in [6.45, 7) is 1.91. The molecule has 3 rings (SSSR count). The zero-order valence-corrected chi connectivity index (χ0v) is 19.0. The minimum atomic E-state index is -0.605. The average molecular weight is 490 g/mol. The molecule has 0 unspecified atom stereocenters. The van der Waals surface area contributed by atoms with Gasteiger partial charge in [0, 0.05) is 10.7 Å². The lowest BCUT2D eigenvalue weighted by Crippen LogP contribution is -2.13. The van der Waals surface area contributed by atoms with Crippen LogP contribution in [0.1, 0.15) is 16.7 Å². The van der Waals surface area contributed by atoms with Gasteiger partial charge in [0.1, 0.15) is 24.1 Å². The molecule has 1 N–H and O–H groups in total. The number of anilines is 1. The van der Waals surface area contributed by atoms with Crippen LogP contribution in [0.2, 0.25) is 15.1 Å². The topological polar surface area (TPSA) is 62.1 Å². The van der Waals surface area contributed by atoms with E-state index in [0.29, 0.717) is 21.8 Å². The van der Waals surface area contributed by atoms with E-state index in [-0.39, 0.29) is 33.8 Å². The number of nitriles is 1. The summed E-state index contributed by atoms with van der Waals surface area (Å²) in [6, 6.07) is 15.9. The highest BCUT2D eigenvalue weighted by atomic mass is 35.5. The second kappa shape index (κ2) is 10.5. The smallest absolute Gasteiger partial charge is 0.266 e. The number of nitrogens with zero attached hydrogens (tertiary/aromatic N) is 1. The molecule has 0 heterocycles. The molecule has 0 bridgehead atoms. The summed E-state index contributed by atoms with van der Waals surface area (Å²) in [4.78, 5) is 12.5. The highest BCUT2D eigenvalue weighted by Crippen LogP contribution is 2.35. The maximum absolute atomic E-state index is 13.3. The molecule has 1 amide bonds. The number of hydrogen-bond donors (Lipinski definition) is 1. The van der Waals surface area contributed by atoms with Crippen molar-refractivity contribution in [1.82, 2.24) is 0 Å². The molecule has 0 saturated heterocycles. The van der Waals surface area contributed by atoms with Crippen LogP contribution in [0, 0.1) is 24.1 Å². The lowest BCUT2D eigenvalue weighted by atomic mass is 10.1. The van der Waals surface area contributed by atoms with E-state index in [1.54, 1.807) is 30.3 Å². The Kier molecular flexibility index (Phi) is 7.76. The first-order valence-corrected chi connectivity index (χ1v) is 10.5. The number of ether oxygens (including phenoxy) is 1. The molecule has 0 fully saturated rings. The van der Waals surface area contributed by atoms with Crippen LogP contribution in [0.4, 0.5) is 10.1 Å². The molecule has 0 aliphatic heterocycles. The Morgan fingerprint density at radius 1 is 1.09 bits per heavy atom. The standard InChI is InChI=1S/C24H16Cl3FN2O2/c1-14-5-6-19(11-20(14)25)30-24(31)17(12-29)7-16-9-21(26)23(22(27)10-16)32-13-15-3-2-4-18(28)8-15/h2-11H,13H2,1H3,(H,30,31)/b17-7-. The molecular weight excluding hydrogens is 474 g/mol. The second-order valence-corrected chi connectivity index (χ2v) is 8.04. The number of carbonyl (C=O) groups excluding carboxylic acids is 1. The number of aryl methyl sites for hydroxylation is 1. The van der Waals surface area contributed by atoms with Gasteiger partial charge in [-0.1, -0.05) is 53.0 Å². The Labute approximate surface area is 199 Å². The Morgan fingerprint density at radius 3 is 2.44 bits per heavy atom. The molecule has 162 valence electrons. The van der Waals surface area contributed by atoms with Crippen molar-refractivity contribution in [2.45, 2.75) is 13.5 Å². The van der Waals surface area contributed by atoms with Crippen molar-refractivity contribution in [3.8, 4) is 11.8 Å². The number of amides is 1. The Balaban J connectivity index is 1.77. The molecule has 0 aliphatic rings. The van der Waals surface area contributed by atoms with Crippen molar-refractivity contribution in [2.75, 3.05) is 5.32 Å². The fourth-order valence-electron chi connectivity index (χ4n) is 2.77. The molecule has 8 heteroatoms. The predicted molar refractivity (Wildman–Crippen MR) is 126 cm³/mol. The van der Waals surface area contributed by atoms with Gasteiger partial charge in [0.15, 0.2) is 5.75 Å². The zero-order valence-electron chi connectivity index (χ0n) is 16.8. The van der Waals surface area contributed by atoms with Gasteiger partial charge in [-0.15, -0.1) is 0 Å². The van der Waals surface area contributed by atoms with Crippen molar-refractivity contribution >= 4 is 52.5 Å². The van der Waals surface area contributed by atoms with E-state index in [1.165, 1.54) is 30.3 Å². The summed E-state index contributed by atoms with van der Waals surface area (Å²) in [5, 5.41) is 12.9. The quantitative estimate of drug-likeness (QED) is 0.294. The Bertz CT molecular complexity index is 1230. The molecule has 0 radical (unpaired) electrons. The first-order chi connectivity index (χ1) is 15.3. The zero-order chi connectivity index (χ0) is 23.3. The van der Waals surface area contributed by atoms with Crippen molar-refractivity contribution in [3.05, 3.63) is 97.7 Å². The first kappa shape index (κ1) is 23.6. The molecule has 3 aromatic rings. The summed E-state index contributed by atoms with van der Waals surface area (Å²) in [7, 11) is 0. The maximum Gasteiger partial charge on any atom is 0.266 e. The van der Waals surface area contributed by atoms with Gasteiger partial charge in [0.25, 0.3) is 5.91 Å².